The highest BCUT2D eigenvalue weighted by molar-refractivity contribution is 6.31. The second-order valence-electron chi connectivity index (χ2n) is 7.03. The Bertz CT molecular complexity index is 850. The topological polar surface area (TPSA) is 77.1 Å². The molecular formula is C17H25ClN6O2. The lowest BCUT2D eigenvalue weighted by Gasteiger charge is -2.16. The lowest BCUT2D eigenvalue weighted by Crippen LogP contribution is -2.36. The Labute approximate surface area is 157 Å². The normalized spacial score (nSPS) is 17.2. The average molecular weight is 381 g/mol. The van der Waals surface area contributed by atoms with Gasteiger partial charge in [-0.25, -0.2) is 9.48 Å². The molecule has 0 bridgehead atoms. The smallest absolute Gasteiger partial charge is 0.345 e. The van der Waals surface area contributed by atoms with Crippen LogP contribution in [-0.2, 0) is 26.6 Å². The Hall–Kier alpha value is -2.06. The number of hydrogen-bond donors (Lipinski definition) is 1. The lowest BCUT2D eigenvalue weighted by atomic mass is 10.1. The minimum Gasteiger partial charge on any atom is -0.348 e. The summed E-state index contributed by atoms with van der Waals surface area (Å²) in [5, 5.41) is 8.07. The summed E-state index contributed by atoms with van der Waals surface area (Å²) in [7, 11) is 5.73. The van der Waals surface area contributed by atoms with E-state index in [4.69, 9.17) is 11.6 Å². The summed E-state index contributed by atoms with van der Waals surface area (Å²) >= 11 is 5.95. The number of likely N-dealkylation sites (N-methyl/N-ethyl adjacent to an activating group) is 1. The van der Waals surface area contributed by atoms with Crippen LogP contribution in [0.3, 0.4) is 0 Å². The number of carbonyl (C=O) groups excluding carboxylic acids is 1. The van der Waals surface area contributed by atoms with Gasteiger partial charge in [0.25, 0.3) is 5.91 Å². The first-order valence-electron chi connectivity index (χ1n) is 8.79. The Kier molecular flexibility index (Phi) is 5.52. The van der Waals surface area contributed by atoms with Gasteiger partial charge in [-0.05, 0) is 33.0 Å². The quantitative estimate of drug-likeness (QED) is 0.829. The van der Waals surface area contributed by atoms with Gasteiger partial charge in [0, 0.05) is 38.8 Å². The van der Waals surface area contributed by atoms with Gasteiger partial charge < -0.3 is 14.8 Å². The van der Waals surface area contributed by atoms with Gasteiger partial charge in [-0.2, -0.15) is 5.10 Å². The van der Waals surface area contributed by atoms with E-state index in [1.807, 2.05) is 19.0 Å². The van der Waals surface area contributed by atoms with Crippen molar-refractivity contribution in [2.45, 2.75) is 38.4 Å². The minimum atomic E-state index is -0.146. The second-order valence-corrected chi connectivity index (χ2v) is 7.47. The Morgan fingerprint density at radius 3 is 2.85 bits per heavy atom. The molecule has 1 amide bonds. The van der Waals surface area contributed by atoms with E-state index >= 15 is 0 Å². The van der Waals surface area contributed by atoms with E-state index in [2.05, 4.69) is 10.4 Å². The molecule has 1 unspecified atom stereocenters. The molecule has 1 N–H and O–H groups in total. The van der Waals surface area contributed by atoms with E-state index in [1.165, 1.54) is 0 Å². The number of nitrogens with zero attached hydrogens (tertiary/aromatic N) is 5. The highest BCUT2D eigenvalue weighted by Gasteiger charge is 2.23. The monoisotopic (exact) mass is 380 g/mol. The maximum Gasteiger partial charge on any atom is 0.345 e. The molecule has 2 aromatic heterocycles. The largest absolute Gasteiger partial charge is 0.348 e. The summed E-state index contributed by atoms with van der Waals surface area (Å²) in [6, 6.07) is 1.66. The molecule has 0 aliphatic carbocycles. The van der Waals surface area contributed by atoms with Gasteiger partial charge in [-0.1, -0.05) is 11.6 Å². The van der Waals surface area contributed by atoms with Crippen LogP contribution in [0.1, 0.15) is 29.2 Å². The third kappa shape index (κ3) is 4.02. The van der Waals surface area contributed by atoms with E-state index in [9.17, 15) is 9.59 Å². The van der Waals surface area contributed by atoms with Gasteiger partial charge in [-0.15, -0.1) is 0 Å². The van der Waals surface area contributed by atoms with Crippen LogP contribution in [0.5, 0.6) is 0 Å². The summed E-state index contributed by atoms with van der Waals surface area (Å²) < 4.78 is 4.99. The molecule has 0 saturated carbocycles. The molecule has 0 radical (unpaired) electrons. The molecule has 3 heterocycles. The molecule has 3 rings (SSSR count). The van der Waals surface area contributed by atoms with Crippen LogP contribution in [0, 0.1) is 0 Å². The zero-order chi connectivity index (χ0) is 18.8. The molecule has 8 nitrogen and oxygen atoms in total. The van der Waals surface area contributed by atoms with Crippen LogP contribution in [0.4, 0.5) is 0 Å². The van der Waals surface area contributed by atoms with Crippen LogP contribution in [0.2, 0.25) is 5.02 Å². The first kappa shape index (κ1) is 18.7. The van der Waals surface area contributed by atoms with E-state index < -0.39 is 0 Å². The van der Waals surface area contributed by atoms with Crippen LogP contribution in [0.15, 0.2) is 17.1 Å². The van der Waals surface area contributed by atoms with Crippen molar-refractivity contribution in [3.63, 3.8) is 0 Å². The van der Waals surface area contributed by atoms with Crippen molar-refractivity contribution in [1.82, 2.24) is 29.1 Å². The van der Waals surface area contributed by atoms with Crippen molar-refractivity contribution in [3.8, 4) is 0 Å². The molecule has 1 atom stereocenters. The van der Waals surface area contributed by atoms with E-state index in [-0.39, 0.29) is 17.6 Å². The molecule has 0 fully saturated rings. The van der Waals surface area contributed by atoms with Gasteiger partial charge in [0.05, 0.1) is 11.6 Å². The predicted molar refractivity (Wildman–Crippen MR) is 99.7 cm³/mol. The number of carbonyl (C=O) groups is 1. The number of hydrogen-bond acceptors (Lipinski definition) is 4. The van der Waals surface area contributed by atoms with Crippen molar-refractivity contribution in [3.05, 3.63) is 39.3 Å². The molecule has 0 saturated heterocycles. The molecule has 9 heteroatoms. The Balaban J connectivity index is 1.64. The first-order chi connectivity index (χ1) is 12.3. The van der Waals surface area contributed by atoms with E-state index in [0.717, 1.165) is 18.8 Å². The van der Waals surface area contributed by atoms with Crippen LogP contribution >= 0.6 is 11.6 Å². The fourth-order valence-corrected chi connectivity index (χ4v) is 3.47. The minimum absolute atomic E-state index is 0.00695. The molecule has 26 heavy (non-hydrogen) atoms. The van der Waals surface area contributed by atoms with Crippen LogP contribution in [-0.4, -0.2) is 56.4 Å². The average Bonchev–Trinajstić information content (AvgIpc) is 2.98. The fourth-order valence-electron chi connectivity index (χ4n) is 3.22. The van der Waals surface area contributed by atoms with Crippen molar-refractivity contribution >= 4 is 17.5 Å². The number of nitrogens with one attached hydrogen (secondary N) is 1. The number of rotatable bonds is 5. The van der Waals surface area contributed by atoms with Crippen molar-refractivity contribution in [1.29, 1.82) is 0 Å². The number of fused-ring (bicyclic) bond motifs is 1. The SMILES string of the molecule is CN(C)CCn1nc2n(c1=O)CCC(NC(=O)c1cc(Cl)cn1C)CC2. The number of aromatic nitrogens is 4. The summed E-state index contributed by atoms with van der Waals surface area (Å²) in [5.74, 6) is 0.653. The van der Waals surface area contributed by atoms with Crippen molar-refractivity contribution < 1.29 is 4.79 Å². The molecule has 0 aromatic carbocycles. The van der Waals surface area contributed by atoms with E-state index in [0.29, 0.717) is 36.6 Å². The Morgan fingerprint density at radius 2 is 2.19 bits per heavy atom. The highest BCUT2D eigenvalue weighted by Crippen LogP contribution is 2.15. The van der Waals surface area contributed by atoms with Crippen molar-refractivity contribution in [2.75, 3.05) is 20.6 Å². The van der Waals surface area contributed by atoms with Crippen LogP contribution < -0.4 is 11.0 Å². The molecule has 142 valence electrons. The van der Waals surface area contributed by atoms with Crippen LogP contribution in [0.25, 0.3) is 0 Å². The Morgan fingerprint density at radius 1 is 1.42 bits per heavy atom. The number of aryl methyl sites for hydroxylation is 2. The molecule has 1 aliphatic rings. The lowest BCUT2D eigenvalue weighted by molar-refractivity contribution is 0.0924. The molecule has 2 aromatic rings. The summed E-state index contributed by atoms with van der Waals surface area (Å²) in [5.41, 5.74) is 0.464. The van der Waals surface area contributed by atoms with Gasteiger partial charge >= 0.3 is 5.69 Å². The molecule has 0 spiro atoms. The summed E-state index contributed by atoms with van der Waals surface area (Å²) in [4.78, 5) is 27.0. The van der Waals surface area contributed by atoms with Gasteiger partial charge in [0.1, 0.15) is 11.5 Å². The summed E-state index contributed by atoms with van der Waals surface area (Å²) in [6.07, 6.45) is 3.84. The number of amides is 1. The maximum absolute atomic E-state index is 12.5. The predicted octanol–water partition coefficient (Wildman–Crippen LogP) is 0.733. The fraction of sp³-hybridized carbons (Fsp3) is 0.588. The first-order valence-corrected chi connectivity index (χ1v) is 9.17. The highest BCUT2D eigenvalue weighted by atomic mass is 35.5. The zero-order valence-electron chi connectivity index (χ0n) is 15.4. The zero-order valence-corrected chi connectivity index (χ0v) is 16.2. The molecule has 1 aliphatic heterocycles. The third-order valence-electron chi connectivity index (χ3n) is 4.72. The van der Waals surface area contributed by atoms with Gasteiger partial charge in [-0.3, -0.25) is 9.36 Å². The third-order valence-corrected chi connectivity index (χ3v) is 4.92. The second kappa shape index (κ2) is 7.67. The standard InChI is InChI=1S/C17H25ClN6O2/c1-21(2)8-9-24-17(26)23-7-6-13(4-5-15(23)20-24)19-16(25)14-10-12(18)11-22(14)3/h10-11,13H,4-9H2,1-3H3,(H,19,25). The van der Waals surface area contributed by atoms with Gasteiger partial charge in [0.15, 0.2) is 0 Å². The van der Waals surface area contributed by atoms with Crippen molar-refractivity contribution in [2.24, 2.45) is 7.05 Å². The summed E-state index contributed by atoms with van der Waals surface area (Å²) in [6.45, 7) is 1.92. The van der Waals surface area contributed by atoms with E-state index in [1.54, 1.807) is 33.1 Å². The maximum atomic E-state index is 12.5. The van der Waals surface area contributed by atoms with Gasteiger partial charge in [0.2, 0.25) is 0 Å². The number of halogens is 1. The molecular weight excluding hydrogens is 356 g/mol.